The maximum Gasteiger partial charge on any atom is 0.323 e. The van der Waals surface area contributed by atoms with Gasteiger partial charge < -0.3 is 10.6 Å². The van der Waals surface area contributed by atoms with Gasteiger partial charge in [-0.25, -0.2) is 14.3 Å². The van der Waals surface area contributed by atoms with Crippen molar-refractivity contribution in [2.45, 2.75) is 13.3 Å². The van der Waals surface area contributed by atoms with E-state index in [0.29, 0.717) is 34.2 Å². The minimum absolute atomic E-state index is 0.332. The third-order valence-electron chi connectivity index (χ3n) is 3.29. The second-order valence-corrected chi connectivity index (χ2v) is 5.26. The monoisotopic (exact) mass is 341 g/mol. The summed E-state index contributed by atoms with van der Waals surface area (Å²) in [4.78, 5) is 20.3. The van der Waals surface area contributed by atoms with E-state index < -0.39 is 6.03 Å². The van der Waals surface area contributed by atoms with Crippen LogP contribution in [-0.2, 0) is 6.42 Å². The second-order valence-electron chi connectivity index (χ2n) is 4.88. The fourth-order valence-corrected chi connectivity index (χ4v) is 2.44. The number of carbonyl (C=O) groups is 1. The zero-order chi connectivity index (χ0) is 17.1. The third kappa shape index (κ3) is 3.11. The lowest BCUT2D eigenvalue weighted by Gasteiger charge is -2.11. The molecule has 0 unspecified atom stereocenters. The van der Waals surface area contributed by atoms with Crippen molar-refractivity contribution in [1.82, 2.24) is 19.6 Å². The van der Waals surface area contributed by atoms with E-state index in [1.807, 2.05) is 13.0 Å². The minimum Gasteiger partial charge on any atom is -0.306 e. The summed E-state index contributed by atoms with van der Waals surface area (Å²) in [5.41, 5.74) is 2.72. The summed E-state index contributed by atoms with van der Waals surface area (Å²) in [5.74, 6) is 0. The van der Waals surface area contributed by atoms with Gasteiger partial charge in [-0.3, -0.25) is 4.98 Å². The van der Waals surface area contributed by atoms with E-state index in [1.165, 1.54) is 24.7 Å². The Morgan fingerprint density at radius 2 is 2.21 bits per heavy atom. The molecule has 3 rings (SSSR count). The zero-order valence-electron chi connectivity index (χ0n) is 12.6. The number of rotatable bonds is 3. The molecule has 9 heteroatoms. The van der Waals surface area contributed by atoms with Crippen molar-refractivity contribution < 1.29 is 4.79 Å². The summed E-state index contributed by atoms with van der Waals surface area (Å²) >= 11 is 5.90. The van der Waals surface area contributed by atoms with Crippen molar-refractivity contribution in [2.75, 3.05) is 10.6 Å². The molecule has 0 saturated carbocycles. The minimum atomic E-state index is -0.467. The van der Waals surface area contributed by atoms with Gasteiger partial charge in [-0.15, -0.1) is 0 Å². The zero-order valence-corrected chi connectivity index (χ0v) is 13.4. The molecular weight excluding hydrogens is 330 g/mol. The molecule has 0 aromatic carbocycles. The Kier molecular flexibility index (Phi) is 4.26. The van der Waals surface area contributed by atoms with Gasteiger partial charge in [-0.05, 0) is 12.5 Å². The number of nitrogens with one attached hydrogen (secondary N) is 2. The van der Waals surface area contributed by atoms with Crippen molar-refractivity contribution in [3.63, 3.8) is 0 Å². The number of hydrogen-bond acceptors (Lipinski definition) is 5. The average Bonchev–Trinajstić information content (AvgIpc) is 2.95. The number of aryl methyl sites for hydroxylation is 1. The summed E-state index contributed by atoms with van der Waals surface area (Å²) in [6, 6.07) is 3.03. The van der Waals surface area contributed by atoms with E-state index in [9.17, 15) is 4.79 Å². The molecule has 0 spiro atoms. The summed E-state index contributed by atoms with van der Waals surface area (Å²) < 4.78 is 1.56. The highest BCUT2D eigenvalue weighted by molar-refractivity contribution is 6.29. The highest BCUT2D eigenvalue weighted by atomic mass is 35.5. The topological polar surface area (TPSA) is 108 Å². The number of anilines is 2. The van der Waals surface area contributed by atoms with Crippen LogP contribution >= 0.6 is 11.6 Å². The number of pyridine rings is 1. The second kappa shape index (κ2) is 6.52. The molecule has 2 amide bonds. The number of carbonyl (C=O) groups excluding carboxylic acids is 1. The maximum atomic E-state index is 12.2. The smallest absolute Gasteiger partial charge is 0.306 e. The van der Waals surface area contributed by atoms with E-state index in [2.05, 4.69) is 25.7 Å². The number of halogens is 1. The third-order valence-corrected chi connectivity index (χ3v) is 3.47. The number of imidazole rings is 1. The molecule has 0 atom stereocenters. The summed E-state index contributed by atoms with van der Waals surface area (Å²) in [6.45, 7) is 1.95. The lowest BCUT2D eigenvalue weighted by molar-refractivity contribution is 0.262. The Morgan fingerprint density at radius 1 is 1.38 bits per heavy atom. The Hall–Kier alpha value is -3.18. The number of fused-ring (bicyclic) bond motifs is 1. The van der Waals surface area contributed by atoms with Gasteiger partial charge in [0.25, 0.3) is 0 Å². The fraction of sp³-hybridized carbons (Fsp3) is 0.133. The van der Waals surface area contributed by atoms with Crippen LogP contribution in [0.5, 0.6) is 0 Å². The number of aromatic nitrogens is 4. The predicted octanol–water partition coefficient (Wildman–Crippen LogP) is 2.86. The lowest BCUT2D eigenvalue weighted by atomic mass is 10.2. The number of nitrogens with zero attached hydrogens (tertiary/aromatic N) is 5. The van der Waals surface area contributed by atoms with E-state index in [0.717, 1.165) is 5.56 Å². The van der Waals surface area contributed by atoms with E-state index in [1.54, 1.807) is 10.7 Å². The summed E-state index contributed by atoms with van der Waals surface area (Å²) in [5, 5.41) is 18.7. The molecule has 2 N–H and O–H groups in total. The number of amides is 2. The van der Waals surface area contributed by atoms with Crippen LogP contribution < -0.4 is 10.6 Å². The molecular formula is C15H12ClN7O. The van der Waals surface area contributed by atoms with Gasteiger partial charge in [0.1, 0.15) is 11.2 Å². The van der Waals surface area contributed by atoms with Gasteiger partial charge in [0.2, 0.25) is 0 Å². The lowest BCUT2D eigenvalue weighted by Crippen LogP contribution is -2.21. The molecule has 0 aliphatic rings. The van der Waals surface area contributed by atoms with Crippen molar-refractivity contribution in [3.05, 3.63) is 47.1 Å². The summed E-state index contributed by atoms with van der Waals surface area (Å²) in [7, 11) is 0. The predicted molar refractivity (Wildman–Crippen MR) is 89.0 cm³/mol. The molecule has 0 saturated heterocycles. The number of urea groups is 1. The van der Waals surface area contributed by atoms with Gasteiger partial charge in [-0.1, -0.05) is 18.5 Å². The van der Waals surface area contributed by atoms with Gasteiger partial charge in [-0.2, -0.15) is 10.4 Å². The highest BCUT2D eigenvalue weighted by Crippen LogP contribution is 2.22. The molecule has 24 heavy (non-hydrogen) atoms. The number of nitriles is 1. The quantitative estimate of drug-likeness (QED) is 0.761. The molecule has 0 aliphatic heterocycles. The highest BCUT2D eigenvalue weighted by Gasteiger charge is 2.13. The maximum absolute atomic E-state index is 12.2. The van der Waals surface area contributed by atoms with Crippen LogP contribution in [0, 0.1) is 11.3 Å². The van der Waals surface area contributed by atoms with Crippen molar-refractivity contribution in [3.8, 4) is 6.07 Å². The molecule has 3 aromatic heterocycles. The first-order chi connectivity index (χ1) is 11.6. The standard InChI is InChI=1S/C15H12ClN7O/c1-2-11-12(7-19-23-8-13(16)22-14(11)23)21-15(24)20-10-3-9(4-17)5-18-6-10/h3,5-8H,2H2,1H3,(H2,20,21,24). The van der Waals surface area contributed by atoms with Crippen molar-refractivity contribution in [2.24, 2.45) is 0 Å². The molecule has 0 fully saturated rings. The van der Waals surface area contributed by atoms with Crippen LogP contribution in [0.2, 0.25) is 5.15 Å². The van der Waals surface area contributed by atoms with Gasteiger partial charge in [0.15, 0.2) is 5.65 Å². The fourth-order valence-electron chi connectivity index (χ4n) is 2.27. The largest absolute Gasteiger partial charge is 0.323 e. The van der Waals surface area contributed by atoms with Gasteiger partial charge >= 0.3 is 6.03 Å². The van der Waals surface area contributed by atoms with Crippen molar-refractivity contribution >= 4 is 34.7 Å². The molecule has 0 aliphatic carbocycles. The molecule has 120 valence electrons. The van der Waals surface area contributed by atoms with Gasteiger partial charge in [0, 0.05) is 11.8 Å². The molecule has 3 heterocycles. The Bertz CT molecular complexity index is 960. The van der Waals surface area contributed by atoms with E-state index >= 15 is 0 Å². The SMILES string of the molecule is CCc1c(NC(=O)Nc2cncc(C#N)c2)cnn2cc(Cl)nc12. The van der Waals surface area contributed by atoms with Gasteiger partial charge in [0.05, 0.1) is 35.5 Å². The van der Waals surface area contributed by atoms with Crippen LogP contribution in [-0.4, -0.2) is 25.6 Å². The van der Waals surface area contributed by atoms with Crippen molar-refractivity contribution in [1.29, 1.82) is 5.26 Å². The van der Waals surface area contributed by atoms with Crippen LogP contribution in [0.25, 0.3) is 5.65 Å². The normalized spacial score (nSPS) is 10.4. The van der Waals surface area contributed by atoms with E-state index in [-0.39, 0.29) is 0 Å². The van der Waals surface area contributed by atoms with Crippen LogP contribution in [0.1, 0.15) is 18.1 Å². The Balaban J connectivity index is 1.83. The van der Waals surface area contributed by atoms with Crippen LogP contribution in [0.4, 0.5) is 16.2 Å². The van der Waals surface area contributed by atoms with Crippen LogP contribution in [0.3, 0.4) is 0 Å². The molecule has 0 bridgehead atoms. The Labute approximate surface area is 142 Å². The average molecular weight is 342 g/mol. The first-order valence-electron chi connectivity index (χ1n) is 7.06. The molecule has 8 nitrogen and oxygen atoms in total. The molecule has 3 aromatic rings. The first-order valence-corrected chi connectivity index (χ1v) is 7.44. The Morgan fingerprint density at radius 3 is 2.96 bits per heavy atom. The number of hydrogen-bond donors (Lipinski definition) is 2. The van der Waals surface area contributed by atoms with E-state index in [4.69, 9.17) is 16.9 Å². The molecule has 0 radical (unpaired) electrons. The summed E-state index contributed by atoms with van der Waals surface area (Å²) in [6.07, 6.45) is 6.64. The van der Waals surface area contributed by atoms with Crippen LogP contribution in [0.15, 0.2) is 30.9 Å². The first kappa shape index (κ1) is 15.7.